The van der Waals surface area contributed by atoms with Crippen molar-refractivity contribution in [2.45, 2.75) is 51.2 Å². The van der Waals surface area contributed by atoms with Crippen LogP contribution < -0.4 is 0 Å². The van der Waals surface area contributed by atoms with Gasteiger partial charge in [-0.2, -0.15) is 0 Å². The number of aliphatic hydroxyl groups is 1. The molecule has 2 nitrogen and oxygen atoms in total. The van der Waals surface area contributed by atoms with Crippen LogP contribution in [0.5, 0.6) is 0 Å². The lowest BCUT2D eigenvalue weighted by Crippen LogP contribution is -2.50. The summed E-state index contributed by atoms with van der Waals surface area (Å²) in [4.78, 5) is 2.48. The Morgan fingerprint density at radius 1 is 1.11 bits per heavy atom. The fourth-order valence-corrected chi connectivity index (χ4v) is 3.29. The second-order valence-electron chi connectivity index (χ2n) is 5.97. The first kappa shape index (κ1) is 14.8. The molecule has 0 saturated carbocycles. The Morgan fingerprint density at radius 2 is 1.63 bits per heavy atom. The van der Waals surface area contributed by atoms with Gasteiger partial charge in [-0.1, -0.05) is 23.7 Å². The zero-order valence-corrected chi connectivity index (χ0v) is 12.8. The van der Waals surface area contributed by atoms with Crippen molar-refractivity contribution in [2.24, 2.45) is 0 Å². The average Bonchev–Trinajstić information content (AvgIpc) is 2.39. The Labute approximate surface area is 121 Å². The molecule has 1 atom stereocenters. The fraction of sp³-hybridized carbons (Fsp3) is 0.625. The largest absolute Gasteiger partial charge is 0.392 e. The van der Waals surface area contributed by atoms with E-state index in [0.29, 0.717) is 6.04 Å². The molecule has 0 spiro atoms. The lowest BCUT2D eigenvalue weighted by atomic mass is 9.69. The molecule has 1 fully saturated rings. The highest BCUT2D eigenvalue weighted by Crippen LogP contribution is 2.39. The van der Waals surface area contributed by atoms with Crippen LogP contribution in [-0.4, -0.2) is 35.2 Å². The van der Waals surface area contributed by atoms with Gasteiger partial charge in [-0.3, -0.25) is 0 Å². The first-order chi connectivity index (χ1) is 8.95. The van der Waals surface area contributed by atoms with Crippen LogP contribution in [0.3, 0.4) is 0 Å². The summed E-state index contributed by atoms with van der Waals surface area (Å²) in [7, 11) is 0. The van der Waals surface area contributed by atoms with E-state index in [9.17, 15) is 5.11 Å². The first-order valence-corrected chi connectivity index (χ1v) is 7.51. The Balaban J connectivity index is 2.23. The quantitative estimate of drug-likeness (QED) is 0.917. The van der Waals surface area contributed by atoms with Gasteiger partial charge in [0, 0.05) is 16.5 Å². The number of aliphatic hydroxyl groups excluding tert-OH is 1. The van der Waals surface area contributed by atoms with Gasteiger partial charge in [0.15, 0.2) is 0 Å². The van der Waals surface area contributed by atoms with Gasteiger partial charge in [0.1, 0.15) is 0 Å². The van der Waals surface area contributed by atoms with Crippen LogP contribution in [-0.2, 0) is 5.41 Å². The summed E-state index contributed by atoms with van der Waals surface area (Å²) >= 11 is 5.97. The molecule has 0 aliphatic carbocycles. The Kier molecular flexibility index (Phi) is 4.54. The standard InChI is InChI=1S/C16H24ClNO/c1-12(2)18-10-8-16(9-11-18,13(3)19)14-4-6-15(17)7-5-14/h4-7,12-13,19H,8-11H2,1-3H3. The summed E-state index contributed by atoms with van der Waals surface area (Å²) in [5.74, 6) is 0. The highest BCUT2D eigenvalue weighted by molar-refractivity contribution is 6.30. The molecule has 19 heavy (non-hydrogen) atoms. The molecule has 1 aromatic carbocycles. The van der Waals surface area contributed by atoms with Crippen molar-refractivity contribution in [3.8, 4) is 0 Å². The molecule has 0 radical (unpaired) electrons. The number of rotatable bonds is 3. The Morgan fingerprint density at radius 3 is 2.05 bits per heavy atom. The van der Waals surface area contributed by atoms with E-state index in [1.807, 2.05) is 19.1 Å². The third-order valence-corrected chi connectivity index (χ3v) is 4.89. The van der Waals surface area contributed by atoms with Crippen molar-refractivity contribution in [1.82, 2.24) is 4.90 Å². The van der Waals surface area contributed by atoms with Gasteiger partial charge in [0.05, 0.1) is 6.10 Å². The van der Waals surface area contributed by atoms with Gasteiger partial charge in [0.2, 0.25) is 0 Å². The number of likely N-dealkylation sites (tertiary alicyclic amines) is 1. The van der Waals surface area contributed by atoms with E-state index in [1.165, 1.54) is 5.56 Å². The van der Waals surface area contributed by atoms with Crippen LogP contribution in [0.15, 0.2) is 24.3 Å². The van der Waals surface area contributed by atoms with Crippen LogP contribution in [0, 0.1) is 0 Å². The fourth-order valence-electron chi connectivity index (χ4n) is 3.17. The van der Waals surface area contributed by atoms with Crippen LogP contribution in [0.1, 0.15) is 39.2 Å². The maximum atomic E-state index is 10.3. The third kappa shape index (κ3) is 2.96. The van der Waals surface area contributed by atoms with E-state index in [4.69, 9.17) is 11.6 Å². The molecule has 1 heterocycles. The second-order valence-corrected chi connectivity index (χ2v) is 6.41. The molecule has 0 bridgehead atoms. The SMILES string of the molecule is CC(C)N1CCC(c2ccc(Cl)cc2)(C(C)O)CC1. The molecule has 0 aromatic heterocycles. The summed E-state index contributed by atoms with van der Waals surface area (Å²) < 4.78 is 0. The van der Waals surface area contributed by atoms with E-state index < -0.39 is 0 Å². The van der Waals surface area contributed by atoms with Crippen LogP contribution in [0.2, 0.25) is 5.02 Å². The van der Waals surface area contributed by atoms with E-state index in [2.05, 4.69) is 30.9 Å². The molecule has 106 valence electrons. The topological polar surface area (TPSA) is 23.5 Å². The van der Waals surface area contributed by atoms with Gasteiger partial charge < -0.3 is 10.0 Å². The molecule has 3 heteroatoms. The average molecular weight is 282 g/mol. The van der Waals surface area contributed by atoms with Gasteiger partial charge in [-0.25, -0.2) is 0 Å². The summed E-state index contributed by atoms with van der Waals surface area (Å²) in [6.07, 6.45) is 1.68. The van der Waals surface area contributed by atoms with Crippen molar-refractivity contribution in [1.29, 1.82) is 0 Å². The molecule has 1 aliphatic rings. The normalized spacial score (nSPS) is 21.6. The van der Waals surface area contributed by atoms with Crippen molar-refractivity contribution in [3.63, 3.8) is 0 Å². The molecule has 1 aromatic rings. The van der Waals surface area contributed by atoms with Gasteiger partial charge in [-0.15, -0.1) is 0 Å². The monoisotopic (exact) mass is 281 g/mol. The zero-order chi connectivity index (χ0) is 14.0. The lowest BCUT2D eigenvalue weighted by molar-refractivity contribution is 0.0332. The highest BCUT2D eigenvalue weighted by atomic mass is 35.5. The number of piperidine rings is 1. The highest BCUT2D eigenvalue weighted by Gasteiger charge is 2.40. The summed E-state index contributed by atoms with van der Waals surface area (Å²) in [5.41, 5.74) is 1.10. The predicted molar refractivity (Wildman–Crippen MR) is 80.8 cm³/mol. The van der Waals surface area contributed by atoms with E-state index in [-0.39, 0.29) is 11.5 Å². The number of halogens is 1. The third-order valence-electron chi connectivity index (χ3n) is 4.64. The molecule has 1 aliphatic heterocycles. The minimum atomic E-state index is -0.331. The number of hydrogen-bond donors (Lipinski definition) is 1. The van der Waals surface area contributed by atoms with Crippen molar-refractivity contribution in [3.05, 3.63) is 34.9 Å². The van der Waals surface area contributed by atoms with Gasteiger partial charge >= 0.3 is 0 Å². The summed E-state index contributed by atoms with van der Waals surface area (Å²) in [6.45, 7) is 8.48. The lowest BCUT2D eigenvalue weighted by Gasteiger charge is -2.45. The molecular formula is C16H24ClNO. The van der Waals surface area contributed by atoms with Crippen LogP contribution in [0.25, 0.3) is 0 Å². The Bertz CT molecular complexity index is 405. The van der Waals surface area contributed by atoms with Crippen molar-refractivity contribution < 1.29 is 5.11 Å². The molecular weight excluding hydrogens is 258 g/mol. The van der Waals surface area contributed by atoms with E-state index >= 15 is 0 Å². The van der Waals surface area contributed by atoms with Gasteiger partial charge in [-0.05, 0) is 64.4 Å². The van der Waals surface area contributed by atoms with E-state index in [1.54, 1.807) is 0 Å². The second kappa shape index (κ2) is 5.82. The van der Waals surface area contributed by atoms with Crippen LogP contribution >= 0.6 is 11.6 Å². The number of nitrogens with zero attached hydrogens (tertiary/aromatic N) is 1. The molecule has 1 saturated heterocycles. The molecule has 1 unspecified atom stereocenters. The van der Waals surface area contributed by atoms with Crippen LogP contribution in [0.4, 0.5) is 0 Å². The minimum Gasteiger partial charge on any atom is -0.392 e. The molecule has 0 amide bonds. The minimum absolute atomic E-state index is 0.115. The predicted octanol–water partition coefficient (Wildman–Crippen LogP) is 3.46. The van der Waals surface area contributed by atoms with Crippen molar-refractivity contribution in [2.75, 3.05) is 13.1 Å². The molecule has 2 rings (SSSR count). The number of benzene rings is 1. The smallest absolute Gasteiger partial charge is 0.0609 e. The van der Waals surface area contributed by atoms with Gasteiger partial charge in [0.25, 0.3) is 0 Å². The van der Waals surface area contributed by atoms with Crippen molar-refractivity contribution >= 4 is 11.6 Å². The molecule has 1 N–H and O–H groups in total. The first-order valence-electron chi connectivity index (χ1n) is 7.14. The maximum Gasteiger partial charge on any atom is 0.0609 e. The Hall–Kier alpha value is -0.570. The maximum absolute atomic E-state index is 10.3. The van der Waals surface area contributed by atoms with E-state index in [0.717, 1.165) is 31.0 Å². The zero-order valence-electron chi connectivity index (χ0n) is 12.1. The summed E-state index contributed by atoms with van der Waals surface area (Å²) in [6, 6.07) is 8.57. The summed E-state index contributed by atoms with van der Waals surface area (Å²) in [5, 5.41) is 11.1. The number of hydrogen-bond acceptors (Lipinski definition) is 2.